The molecule has 0 amide bonds. The molecule has 0 bridgehead atoms. The molecule has 0 aliphatic carbocycles. The molecule has 20 heavy (non-hydrogen) atoms. The van der Waals surface area contributed by atoms with Crippen LogP contribution in [-0.4, -0.2) is 11.1 Å². The summed E-state index contributed by atoms with van der Waals surface area (Å²) in [6.07, 6.45) is 0. The first-order chi connectivity index (χ1) is 9.50. The maximum atomic E-state index is 13.6. The van der Waals surface area contributed by atoms with Crippen molar-refractivity contribution in [1.29, 1.82) is 0 Å². The highest BCUT2D eigenvalue weighted by molar-refractivity contribution is 6.31. The van der Waals surface area contributed by atoms with E-state index in [0.717, 1.165) is 11.6 Å². The van der Waals surface area contributed by atoms with Gasteiger partial charge in [-0.1, -0.05) is 35.9 Å². The highest BCUT2D eigenvalue weighted by atomic mass is 35.5. The molecule has 0 fully saturated rings. The van der Waals surface area contributed by atoms with E-state index < -0.39 is 11.8 Å². The van der Waals surface area contributed by atoms with Crippen LogP contribution in [0.2, 0.25) is 5.02 Å². The minimum atomic E-state index is -1.31. The van der Waals surface area contributed by atoms with Crippen LogP contribution in [-0.2, 0) is 0 Å². The van der Waals surface area contributed by atoms with Crippen LogP contribution in [0.4, 0.5) is 10.1 Å². The van der Waals surface area contributed by atoms with Crippen molar-refractivity contribution >= 4 is 23.3 Å². The molecule has 0 heterocycles. The third kappa shape index (κ3) is 2.91. The van der Waals surface area contributed by atoms with Crippen molar-refractivity contribution in [2.75, 3.05) is 5.32 Å². The maximum absolute atomic E-state index is 13.6. The molecule has 1 unspecified atom stereocenters. The largest absolute Gasteiger partial charge is 0.478 e. The molecule has 0 saturated carbocycles. The van der Waals surface area contributed by atoms with Gasteiger partial charge in [-0.25, -0.2) is 9.18 Å². The number of carboxylic acid groups (broad SMARTS) is 1. The second-order valence-electron chi connectivity index (χ2n) is 4.36. The fourth-order valence-corrected chi connectivity index (χ4v) is 2.30. The maximum Gasteiger partial charge on any atom is 0.340 e. The lowest BCUT2D eigenvalue weighted by atomic mass is 10.1. The highest BCUT2D eigenvalue weighted by Crippen LogP contribution is 2.28. The van der Waals surface area contributed by atoms with Crippen molar-refractivity contribution in [2.45, 2.75) is 13.0 Å². The SMILES string of the molecule is CC(Nc1cccc(F)c1C(=O)O)c1ccccc1Cl. The van der Waals surface area contributed by atoms with Crippen LogP contribution >= 0.6 is 11.6 Å². The minimum Gasteiger partial charge on any atom is -0.478 e. The smallest absolute Gasteiger partial charge is 0.340 e. The molecule has 2 rings (SSSR count). The summed E-state index contributed by atoms with van der Waals surface area (Å²) in [5.74, 6) is -2.08. The van der Waals surface area contributed by atoms with E-state index in [1.54, 1.807) is 6.07 Å². The number of rotatable bonds is 4. The summed E-state index contributed by atoms with van der Waals surface area (Å²) < 4.78 is 13.6. The van der Waals surface area contributed by atoms with Gasteiger partial charge in [-0.05, 0) is 30.7 Å². The second kappa shape index (κ2) is 5.92. The summed E-state index contributed by atoms with van der Waals surface area (Å²) in [5, 5.41) is 12.6. The standard InChI is InChI=1S/C15H13ClFNO2/c1-9(10-5-2-3-6-11(10)16)18-13-8-4-7-12(17)14(13)15(19)20/h2-9,18H,1H3,(H,19,20). The number of anilines is 1. The van der Waals surface area contributed by atoms with Crippen LogP contribution in [0, 0.1) is 5.82 Å². The lowest BCUT2D eigenvalue weighted by Crippen LogP contribution is -2.12. The van der Waals surface area contributed by atoms with Gasteiger partial charge in [0.05, 0.1) is 11.7 Å². The summed E-state index contributed by atoms with van der Waals surface area (Å²) in [5.41, 5.74) is 0.672. The number of carboxylic acids is 1. The van der Waals surface area contributed by atoms with Crippen LogP contribution in [0.15, 0.2) is 42.5 Å². The van der Waals surface area contributed by atoms with E-state index >= 15 is 0 Å². The first-order valence-electron chi connectivity index (χ1n) is 6.03. The molecule has 2 N–H and O–H groups in total. The molecule has 0 spiro atoms. The monoisotopic (exact) mass is 293 g/mol. The van der Waals surface area contributed by atoms with Crippen molar-refractivity contribution in [1.82, 2.24) is 0 Å². The van der Waals surface area contributed by atoms with Crippen molar-refractivity contribution in [3.8, 4) is 0 Å². The van der Waals surface area contributed by atoms with Gasteiger partial charge in [-0.15, -0.1) is 0 Å². The number of halogens is 2. The predicted molar refractivity (Wildman–Crippen MR) is 76.8 cm³/mol. The molecule has 2 aromatic rings. The molecule has 2 aromatic carbocycles. The van der Waals surface area contributed by atoms with Gasteiger partial charge in [0.25, 0.3) is 0 Å². The Morgan fingerprint density at radius 2 is 1.95 bits per heavy atom. The lowest BCUT2D eigenvalue weighted by Gasteiger charge is -2.18. The van der Waals surface area contributed by atoms with E-state index in [4.69, 9.17) is 16.7 Å². The number of carbonyl (C=O) groups is 1. The number of hydrogen-bond acceptors (Lipinski definition) is 2. The van der Waals surface area contributed by atoms with Crippen LogP contribution in [0.3, 0.4) is 0 Å². The van der Waals surface area contributed by atoms with Crippen molar-refractivity contribution in [3.05, 3.63) is 64.4 Å². The number of nitrogens with one attached hydrogen (secondary N) is 1. The molecule has 0 saturated heterocycles. The molecule has 104 valence electrons. The van der Waals surface area contributed by atoms with Crippen molar-refractivity contribution in [2.24, 2.45) is 0 Å². The Labute approximate surface area is 121 Å². The van der Waals surface area contributed by atoms with E-state index in [9.17, 15) is 9.18 Å². The topological polar surface area (TPSA) is 49.3 Å². The summed E-state index contributed by atoms with van der Waals surface area (Å²) in [4.78, 5) is 11.1. The lowest BCUT2D eigenvalue weighted by molar-refractivity contribution is 0.0693. The molecular weight excluding hydrogens is 281 g/mol. The van der Waals surface area contributed by atoms with Gasteiger partial charge < -0.3 is 10.4 Å². The average molecular weight is 294 g/mol. The fourth-order valence-electron chi connectivity index (χ4n) is 2.00. The zero-order valence-corrected chi connectivity index (χ0v) is 11.5. The van der Waals surface area contributed by atoms with Gasteiger partial charge >= 0.3 is 5.97 Å². The first kappa shape index (κ1) is 14.3. The Hall–Kier alpha value is -2.07. The molecular formula is C15H13ClFNO2. The van der Waals surface area contributed by atoms with Gasteiger partial charge in [0.2, 0.25) is 0 Å². The van der Waals surface area contributed by atoms with Crippen molar-refractivity contribution < 1.29 is 14.3 Å². The Morgan fingerprint density at radius 1 is 1.25 bits per heavy atom. The minimum absolute atomic E-state index is 0.227. The van der Waals surface area contributed by atoms with E-state index in [1.165, 1.54) is 12.1 Å². The van der Waals surface area contributed by atoms with E-state index in [2.05, 4.69) is 5.32 Å². The summed E-state index contributed by atoms with van der Waals surface area (Å²) in [6.45, 7) is 1.83. The second-order valence-corrected chi connectivity index (χ2v) is 4.76. The third-order valence-electron chi connectivity index (χ3n) is 2.97. The van der Waals surface area contributed by atoms with Gasteiger partial charge in [0.15, 0.2) is 0 Å². The quantitative estimate of drug-likeness (QED) is 0.881. The highest BCUT2D eigenvalue weighted by Gasteiger charge is 2.18. The molecule has 0 aromatic heterocycles. The summed E-state index contributed by atoms with van der Waals surface area (Å²) >= 11 is 6.09. The van der Waals surface area contributed by atoms with Gasteiger partial charge in [0, 0.05) is 5.02 Å². The van der Waals surface area contributed by atoms with Gasteiger partial charge in [-0.2, -0.15) is 0 Å². The fraction of sp³-hybridized carbons (Fsp3) is 0.133. The van der Waals surface area contributed by atoms with Crippen LogP contribution < -0.4 is 5.32 Å². The van der Waals surface area contributed by atoms with Gasteiger partial charge in [0.1, 0.15) is 11.4 Å². The van der Waals surface area contributed by atoms with Crippen molar-refractivity contribution in [3.63, 3.8) is 0 Å². The molecule has 0 radical (unpaired) electrons. The molecule has 1 atom stereocenters. The molecule has 0 aliphatic rings. The van der Waals surface area contributed by atoms with Crippen LogP contribution in [0.1, 0.15) is 28.9 Å². The summed E-state index contributed by atoms with van der Waals surface area (Å²) in [7, 11) is 0. The zero-order valence-electron chi connectivity index (χ0n) is 10.7. The van der Waals surface area contributed by atoms with Gasteiger partial charge in [-0.3, -0.25) is 0 Å². The van der Waals surface area contributed by atoms with E-state index in [0.29, 0.717) is 5.02 Å². The molecule has 3 nitrogen and oxygen atoms in total. The summed E-state index contributed by atoms with van der Waals surface area (Å²) in [6, 6.07) is 11.1. The normalized spacial score (nSPS) is 11.9. The van der Waals surface area contributed by atoms with E-state index in [-0.39, 0.29) is 17.3 Å². The van der Waals surface area contributed by atoms with Crippen LogP contribution in [0.25, 0.3) is 0 Å². The third-order valence-corrected chi connectivity index (χ3v) is 3.32. The number of hydrogen-bond donors (Lipinski definition) is 2. The first-order valence-corrected chi connectivity index (χ1v) is 6.41. The van der Waals surface area contributed by atoms with Crippen LogP contribution in [0.5, 0.6) is 0 Å². The Kier molecular flexibility index (Phi) is 4.25. The Bertz CT molecular complexity index is 646. The number of aromatic carboxylic acids is 1. The predicted octanol–water partition coefficient (Wildman–Crippen LogP) is 4.35. The zero-order chi connectivity index (χ0) is 14.7. The average Bonchev–Trinajstić information content (AvgIpc) is 2.38. The van der Waals surface area contributed by atoms with E-state index in [1.807, 2.05) is 25.1 Å². The number of benzene rings is 2. The Balaban J connectivity index is 2.33. The molecule has 5 heteroatoms. The Morgan fingerprint density at radius 3 is 2.60 bits per heavy atom. The molecule has 0 aliphatic heterocycles.